The minimum Gasteiger partial charge on any atom is -0.496 e. The van der Waals surface area contributed by atoms with Crippen molar-refractivity contribution in [3.05, 3.63) is 94.8 Å². The zero-order valence-corrected chi connectivity index (χ0v) is 20.2. The third-order valence-corrected chi connectivity index (χ3v) is 5.99. The zero-order valence-electron chi connectivity index (χ0n) is 19.2. The summed E-state index contributed by atoms with van der Waals surface area (Å²) in [6.45, 7) is 0. The van der Waals surface area contributed by atoms with Crippen LogP contribution in [0, 0.1) is 0 Å². The minimum atomic E-state index is -0.675. The molecule has 0 aromatic heterocycles. The van der Waals surface area contributed by atoms with Crippen LogP contribution in [0.3, 0.4) is 0 Å². The highest BCUT2D eigenvalue weighted by Gasteiger charge is 2.23. The molecule has 5 nitrogen and oxygen atoms in total. The Hall–Kier alpha value is -3.56. The first kappa shape index (κ1) is 24.1. The van der Waals surface area contributed by atoms with Gasteiger partial charge in [0.25, 0.3) is 0 Å². The van der Waals surface area contributed by atoms with Gasteiger partial charge in [-0.05, 0) is 29.8 Å². The molecule has 2 atom stereocenters. The summed E-state index contributed by atoms with van der Waals surface area (Å²) in [5, 5.41) is 0.703. The van der Waals surface area contributed by atoms with Crippen molar-refractivity contribution in [1.29, 1.82) is 0 Å². The van der Waals surface area contributed by atoms with Crippen LogP contribution in [0.4, 0.5) is 0 Å². The van der Waals surface area contributed by atoms with Gasteiger partial charge in [-0.1, -0.05) is 59.2 Å². The quantitative estimate of drug-likeness (QED) is 0.318. The number of allylic oxidation sites excluding steroid dienone is 2. The predicted molar refractivity (Wildman–Crippen MR) is 134 cm³/mol. The standard InChI is InChI=1S/C27H27O5P/c1-29-23-12-8-13-24(30-2)21(23)17-16-20(19-10-6-5-7-11-19)27(33-28)18-22-25(31-3)14-9-15-26(22)32-4/h5-18,20H,1-4H3/p+1. The second-order valence-electron chi connectivity index (χ2n) is 7.10. The summed E-state index contributed by atoms with van der Waals surface area (Å²) in [4.78, 5) is 0. The van der Waals surface area contributed by atoms with Gasteiger partial charge in [-0.2, -0.15) is 0 Å². The Morgan fingerprint density at radius 1 is 0.697 bits per heavy atom. The zero-order chi connectivity index (χ0) is 23.6. The van der Waals surface area contributed by atoms with Gasteiger partial charge in [0.1, 0.15) is 23.0 Å². The molecular formula is C27H28O5P+. The van der Waals surface area contributed by atoms with E-state index in [-0.39, 0.29) is 5.92 Å². The molecule has 0 aliphatic rings. The second-order valence-corrected chi connectivity index (χ2v) is 7.88. The van der Waals surface area contributed by atoms with Gasteiger partial charge in [0.05, 0.1) is 45.5 Å². The molecule has 2 unspecified atom stereocenters. The lowest BCUT2D eigenvalue weighted by molar-refractivity contribution is 0.392. The van der Waals surface area contributed by atoms with E-state index in [0.29, 0.717) is 28.3 Å². The van der Waals surface area contributed by atoms with Gasteiger partial charge in [-0.3, -0.25) is 0 Å². The van der Waals surface area contributed by atoms with Crippen LogP contribution in [0.15, 0.2) is 78.1 Å². The van der Waals surface area contributed by atoms with E-state index < -0.39 is 8.46 Å². The number of rotatable bonds is 10. The van der Waals surface area contributed by atoms with Crippen molar-refractivity contribution < 1.29 is 23.5 Å². The summed E-state index contributed by atoms with van der Waals surface area (Å²) in [5.41, 5.74) is 2.56. The fraction of sp³-hybridized carbons (Fsp3) is 0.185. The van der Waals surface area contributed by atoms with Crippen LogP contribution in [0.5, 0.6) is 23.0 Å². The van der Waals surface area contributed by atoms with Crippen molar-refractivity contribution in [2.24, 2.45) is 0 Å². The second kappa shape index (κ2) is 11.9. The van der Waals surface area contributed by atoms with Crippen LogP contribution in [0.25, 0.3) is 12.2 Å². The van der Waals surface area contributed by atoms with Gasteiger partial charge in [0, 0.05) is 6.08 Å². The average molecular weight is 463 g/mol. The molecule has 3 aromatic rings. The first-order chi connectivity index (χ1) is 16.2. The normalized spacial score (nSPS) is 12.5. The van der Waals surface area contributed by atoms with Gasteiger partial charge in [0.15, 0.2) is 5.31 Å². The van der Waals surface area contributed by atoms with E-state index in [0.717, 1.165) is 16.7 Å². The van der Waals surface area contributed by atoms with Gasteiger partial charge in [0.2, 0.25) is 0 Å². The Bertz CT molecular complexity index is 1090. The number of methoxy groups -OCH3 is 4. The smallest absolute Gasteiger partial charge is 0.359 e. The third kappa shape index (κ3) is 5.63. The molecule has 0 amide bonds. The van der Waals surface area contributed by atoms with E-state index in [2.05, 4.69) is 0 Å². The maximum atomic E-state index is 12.5. The molecule has 170 valence electrons. The van der Waals surface area contributed by atoms with E-state index in [1.165, 1.54) is 0 Å². The molecule has 3 rings (SSSR count). The fourth-order valence-electron chi connectivity index (χ4n) is 3.65. The lowest BCUT2D eigenvalue weighted by atomic mass is 9.95. The van der Waals surface area contributed by atoms with E-state index >= 15 is 0 Å². The van der Waals surface area contributed by atoms with Gasteiger partial charge >= 0.3 is 8.46 Å². The molecule has 0 fully saturated rings. The molecular weight excluding hydrogens is 435 g/mol. The summed E-state index contributed by atoms with van der Waals surface area (Å²) in [5.74, 6) is 2.42. The van der Waals surface area contributed by atoms with Crippen LogP contribution in [-0.2, 0) is 4.57 Å². The van der Waals surface area contributed by atoms with E-state index in [9.17, 15) is 4.57 Å². The van der Waals surface area contributed by atoms with Crippen molar-refractivity contribution in [3.8, 4) is 23.0 Å². The Balaban J connectivity index is 2.16. The van der Waals surface area contributed by atoms with Gasteiger partial charge in [-0.25, -0.2) is 0 Å². The van der Waals surface area contributed by atoms with Gasteiger partial charge < -0.3 is 18.9 Å². The summed E-state index contributed by atoms with van der Waals surface area (Å²) in [6.07, 6.45) is 5.83. The Morgan fingerprint density at radius 2 is 1.18 bits per heavy atom. The molecule has 33 heavy (non-hydrogen) atoms. The molecule has 0 saturated heterocycles. The van der Waals surface area contributed by atoms with Crippen LogP contribution < -0.4 is 18.9 Å². The summed E-state index contributed by atoms with van der Waals surface area (Å²) in [7, 11) is 5.78. The summed E-state index contributed by atoms with van der Waals surface area (Å²) < 4.78 is 34.6. The highest BCUT2D eigenvalue weighted by atomic mass is 31.1. The lowest BCUT2D eigenvalue weighted by Gasteiger charge is -2.13. The average Bonchev–Trinajstić information content (AvgIpc) is 2.88. The van der Waals surface area contributed by atoms with Crippen molar-refractivity contribution in [2.75, 3.05) is 28.4 Å². The molecule has 6 heteroatoms. The molecule has 0 heterocycles. The number of benzene rings is 3. The first-order valence-corrected chi connectivity index (χ1v) is 11.3. The summed E-state index contributed by atoms with van der Waals surface area (Å²) in [6, 6.07) is 21.1. The van der Waals surface area contributed by atoms with E-state index in [1.54, 1.807) is 28.4 Å². The number of hydrogen-bond acceptors (Lipinski definition) is 5. The summed E-state index contributed by atoms with van der Waals surface area (Å²) >= 11 is 0. The van der Waals surface area contributed by atoms with E-state index in [4.69, 9.17) is 18.9 Å². The van der Waals surface area contributed by atoms with Crippen LogP contribution in [-0.4, -0.2) is 28.4 Å². The molecule has 0 N–H and O–H groups in total. The highest BCUT2D eigenvalue weighted by Crippen LogP contribution is 2.40. The van der Waals surface area contributed by atoms with Crippen molar-refractivity contribution >= 4 is 20.6 Å². The van der Waals surface area contributed by atoms with Gasteiger partial charge in [-0.15, -0.1) is 0 Å². The van der Waals surface area contributed by atoms with Crippen molar-refractivity contribution in [2.45, 2.75) is 5.92 Å². The number of ether oxygens (including phenoxy) is 4. The van der Waals surface area contributed by atoms with Crippen LogP contribution >= 0.6 is 8.46 Å². The topological polar surface area (TPSA) is 54.0 Å². The van der Waals surface area contributed by atoms with Crippen LogP contribution in [0.2, 0.25) is 0 Å². The maximum absolute atomic E-state index is 12.5. The molecule has 0 saturated carbocycles. The van der Waals surface area contributed by atoms with Crippen molar-refractivity contribution in [3.63, 3.8) is 0 Å². The molecule has 0 aliphatic carbocycles. The molecule has 3 aromatic carbocycles. The first-order valence-electron chi connectivity index (χ1n) is 10.4. The Labute approximate surface area is 196 Å². The Morgan fingerprint density at radius 3 is 1.64 bits per heavy atom. The lowest BCUT2D eigenvalue weighted by Crippen LogP contribution is -1.98. The molecule has 0 aliphatic heterocycles. The predicted octanol–water partition coefficient (Wildman–Crippen LogP) is 6.58. The largest absolute Gasteiger partial charge is 0.496 e. The van der Waals surface area contributed by atoms with E-state index in [1.807, 2.05) is 85.0 Å². The number of hydrogen-bond donors (Lipinski definition) is 0. The monoisotopic (exact) mass is 463 g/mol. The molecule has 0 bridgehead atoms. The minimum absolute atomic E-state index is 0.258. The highest BCUT2D eigenvalue weighted by molar-refractivity contribution is 7.29. The van der Waals surface area contributed by atoms with Crippen molar-refractivity contribution in [1.82, 2.24) is 0 Å². The fourth-order valence-corrected chi connectivity index (χ4v) is 4.24. The molecule has 0 radical (unpaired) electrons. The third-order valence-electron chi connectivity index (χ3n) is 5.30. The van der Waals surface area contributed by atoms with Crippen LogP contribution in [0.1, 0.15) is 22.6 Å². The molecule has 0 spiro atoms. The Kier molecular flexibility index (Phi) is 8.68. The SMILES string of the molecule is COc1cccc(OC)c1C=CC(C(=Cc1c(OC)cccc1OC)[PH+]=O)c1ccccc1. The maximum Gasteiger partial charge on any atom is 0.359 e.